The molecule has 1 aromatic rings. The van der Waals surface area contributed by atoms with Crippen molar-refractivity contribution in [2.75, 3.05) is 6.61 Å². The molecular formula is C27H32N2O2. The molecule has 0 saturated carbocycles. The fraction of sp³-hybridized carbons (Fsp3) is 0.370. The van der Waals surface area contributed by atoms with Crippen LogP contribution < -0.4 is 0 Å². The Balaban J connectivity index is 2.96. The van der Waals surface area contributed by atoms with Crippen molar-refractivity contribution in [1.82, 2.24) is 0 Å². The van der Waals surface area contributed by atoms with Crippen LogP contribution in [0.25, 0.3) is 0 Å². The summed E-state index contributed by atoms with van der Waals surface area (Å²) >= 11 is 0. The quantitative estimate of drug-likeness (QED) is 0.359. The molecule has 31 heavy (non-hydrogen) atoms. The normalized spacial score (nSPS) is 14.6. The van der Waals surface area contributed by atoms with Crippen molar-refractivity contribution in [2.45, 2.75) is 60.3 Å². The molecular weight excluding hydrogens is 384 g/mol. The van der Waals surface area contributed by atoms with Gasteiger partial charge >= 0.3 is 0 Å². The Morgan fingerprint density at radius 3 is 2.48 bits per heavy atom. The Hall–Kier alpha value is -3.19. The van der Waals surface area contributed by atoms with Gasteiger partial charge in [0.2, 0.25) is 0 Å². The second-order valence-corrected chi connectivity index (χ2v) is 8.05. The first-order chi connectivity index (χ1) is 14.8. The number of aliphatic imine (C=N–C) groups is 1. The van der Waals surface area contributed by atoms with Gasteiger partial charge < -0.3 is 4.74 Å². The van der Waals surface area contributed by atoms with Gasteiger partial charge in [-0.25, -0.2) is 0 Å². The van der Waals surface area contributed by atoms with E-state index in [0.717, 1.165) is 52.1 Å². The Morgan fingerprint density at radius 1 is 1.26 bits per heavy atom. The van der Waals surface area contributed by atoms with Crippen LogP contribution in [0, 0.1) is 18.3 Å². The van der Waals surface area contributed by atoms with Crippen LogP contribution in [-0.4, -0.2) is 19.1 Å². The summed E-state index contributed by atoms with van der Waals surface area (Å²) in [6.45, 7) is 16.0. The van der Waals surface area contributed by atoms with E-state index in [0.29, 0.717) is 17.7 Å². The van der Waals surface area contributed by atoms with E-state index in [1.54, 1.807) is 13.0 Å². The first-order valence-corrected chi connectivity index (χ1v) is 10.7. The number of hydrogen-bond donors (Lipinski definition) is 0. The van der Waals surface area contributed by atoms with Crippen molar-refractivity contribution in [3.63, 3.8) is 0 Å². The number of allylic oxidation sites excluding steroid dienone is 6. The summed E-state index contributed by atoms with van der Waals surface area (Å²) in [7, 11) is 0. The maximum atomic E-state index is 12.9. The van der Waals surface area contributed by atoms with E-state index in [1.165, 1.54) is 0 Å². The number of nitrogens with zero attached hydrogens (tertiary/aromatic N) is 2. The van der Waals surface area contributed by atoms with Gasteiger partial charge in [0.05, 0.1) is 23.9 Å². The molecule has 0 spiro atoms. The van der Waals surface area contributed by atoms with Crippen LogP contribution in [0.15, 0.2) is 69.1 Å². The second-order valence-electron chi connectivity index (χ2n) is 8.05. The Labute approximate surface area is 186 Å². The predicted molar refractivity (Wildman–Crippen MR) is 127 cm³/mol. The third-order valence-corrected chi connectivity index (χ3v) is 5.45. The summed E-state index contributed by atoms with van der Waals surface area (Å²) < 4.78 is 6.20. The number of hydrogen-bond acceptors (Lipinski definition) is 4. The van der Waals surface area contributed by atoms with Crippen LogP contribution in [0.3, 0.4) is 0 Å². The van der Waals surface area contributed by atoms with Gasteiger partial charge in [0.15, 0.2) is 5.78 Å². The van der Waals surface area contributed by atoms with Gasteiger partial charge in [-0.05, 0) is 89.1 Å². The van der Waals surface area contributed by atoms with Gasteiger partial charge in [0, 0.05) is 17.1 Å². The maximum absolute atomic E-state index is 12.9. The lowest BCUT2D eigenvalue weighted by molar-refractivity contribution is -0.113. The number of Topliss-reactive ketones (excluding diaryl/α,β-unsaturated/α-hetero) is 1. The van der Waals surface area contributed by atoms with E-state index in [9.17, 15) is 10.1 Å². The van der Waals surface area contributed by atoms with Crippen molar-refractivity contribution in [1.29, 1.82) is 5.26 Å². The van der Waals surface area contributed by atoms with Crippen molar-refractivity contribution in [3.05, 3.63) is 80.8 Å². The molecule has 1 atom stereocenters. The molecule has 4 heteroatoms. The van der Waals surface area contributed by atoms with Crippen LogP contribution in [0.5, 0.6) is 0 Å². The first kappa shape index (κ1) is 24.1. The van der Waals surface area contributed by atoms with Crippen molar-refractivity contribution in [3.8, 4) is 6.07 Å². The molecule has 1 aliphatic carbocycles. The number of carbonyl (C=O) groups is 1. The SMILES string of the molecule is C=NC1=C(C(C(C(C)=O)=C(C)C)c2ccc(C#N)cc2C)C(OCCC)=CCC=C1C. The fourth-order valence-electron chi connectivity index (χ4n) is 4.08. The highest BCUT2D eigenvalue weighted by Crippen LogP contribution is 2.44. The van der Waals surface area contributed by atoms with Crippen LogP contribution in [0.4, 0.5) is 0 Å². The summed E-state index contributed by atoms with van der Waals surface area (Å²) in [4.78, 5) is 17.3. The van der Waals surface area contributed by atoms with Gasteiger partial charge in [-0.15, -0.1) is 0 Å². The zero-order valence-corrected chi connectivity index (χ0v) is 19.5. The van der Waals surface area contributed by atoms with Gasteiger partial charge in [-0.2, -0.15) is 5.26 Å². The summed E-state index contributed by atoms with van der Waals surface area (Å²) in [6, 6.07) is 7.81. The Bertz CT molecular complexity index is 1040. The standard InChI is InChI=1S/C27H32N2O2/c1-8-14-31-23-11-9-10-18(4)27(29-7)26(23)25(24(17(2)3)20(6)30)22-13-12-21(16-28)15-19(22)5/h10-13,15,25H,7-9,14H2,1-6H3. The molecule has 1 unspecified atom stereocenters. The topological polar surface area (TPSA) is 62.5 Å². The van der Waals surface area contributed by atoms with Crippen molar-refractivity contribution in [2.24, 2.45) is 4.99 Å². The lowest BCUT2D eigenvalue weighted by atomic mass is 9.77. The molecule has 0 fully saturated rings. The summed E-state index contributed by atoms with van der Waals surface area (Å²) in [6.07, 6.45) is 5.75. The highest BCUT2D eigenvalue weighted by molar-refractivity contribution is 5.96. The molecule has 2 rings (SSSR count). The summed E-state index contributed by atoms with van der Waals surface area (Å²) in [5.74, 6) is 0.372. The van der Waals surface area contributed by atoms with E-state index >= 15 is 0 Å². The van der Waals surface area contributed by atoms with E-state index in [4.69, 9.17) is 4.74 Å². The molecule has 162 valence electrons. The number of benzene rings is 1. The smallest absolute Gasteiger partial charge is 0.156 e. The number of nitriles is 1. The molecule has 0 aliphatic heterocycles. The maximum Gasteiger partial charge on any atom is 0.156 e. The summed E-state index contributed by atoms with van der Waals surface area (Å²) in [5, 5.41) is 9.33. The third-order valence-electron chi connectivity index (χ3n) is 5.45. The van der Waals surface area contributed by atoms with Crippen molar-refractivity contribution >= 4 is 12.5 Å². The number of ketones is 1. The average Bonchev–Trinajstić information content (AvgIpc) is 2.87. The average molecular weight is 417 g/mol. The van der Waals surface area contributed by atoms with Crippen LogP contribution in [0.2, 0.25) is 0 Å². The fourth-order valence-corrected chi connectivity index (χ4v) is 4.08. The van der Waals surface area contributed by atoms with Crippen LogP contribution in [0.1, 0.15) is 70.1 Å². The molecule has 0 bridgehead atoms. The number of aryl methyl sites for hydroxylation is 1. The minimum atomic E-state index is -0.375. The van der Waals surface area contributed by atoms with Crippen LogP contribution in [-0.2, 0) is 9.53 Å². The molecule has 0 radical (unpaired) electrons. The molecule has 0 amide bonds. The zero-order chi connectivity index (χ0) is 23.1. The van der Waals surface area contributed by atoms with Gasteiger partial charge in [0.1, 0.15) is 5.76 Å². The van der Waals surface area contributed by atoms with E-state index in [2.05, 4.69) is 36.9 Å². The van der Waals surface area contributed by atoms with E-state index in [1.807, 2.05) is 39.8 Å². The first-order valence-electron chi connectivity index (χ1n) is 10.7. The number of carbonyl (C=O) groups excluding carboxylic acids is 1. The molecule has 0 heterocycles. The molecule has 0 aromatic heterocycles. The van der Waals surface area contributed by atoms with E-state index < -0.39 is 0 Å². The number of rotatable bonds is 8. The lowest BCUT2D eigenvalue weighted by Crippen LogP contribution is -2.18. The molecule has 0 saturated heterocycles. The molecule has 4 nitrogen and oxygen atoms in total. The monoisotopic (exact) mass is 416 g/mol. The van der Waals surface area contributed by atoms with E-state index in [-0.39, 0.29) is 11.7 Å². The predicted octanol–water partition coefficient (Wildman–Crippen LogP) is 6.49. The molecule has 1 aliphatic rings. The van der Waals surface area contributed by atoms with Gasteiger partial charge in [-0.3, -0.25) is 9.79 Å². The highest BCUT2D eigenvalue weighted by Gasteiger charge is 2.33. The highest BCUT2D eigenvalue weighted by atomic mass is 16.5. The molecule has 1 aromatic carbocycles. The third kappa shape index (κ3) is 5.30. The minimum Gasteiger partial charge on any atom is -0.494 e. The van der Waals surface area contributed by atoms with Gasteiger partial charge in [0.25, 0.3) is 0 Å². The zero-order valence-electron chi connectivity index (χ0n) is 19.5. The number of ether oxygens (including phenoxy) is 1. The van der Waals surface area contributed by atoms with Crippen molar-refractivity contribution < 1.29 is 9.53 Å². The van der Waals surface area contributed by atoms with Crippen LogP contribution >= 0.6 is 0 Å². The second kappa shape index (κ2) is 10.7. The van der Waals surface area contributed by atoms with Gasteiger partial charge in [-0.1, -0.05) is 24.6 Å². The summed E-state index contributed by atoms with van der Waals surface area (Å²) in [5.41, 5.74) is 6.75. The molecule has 0 N–H and O–H groups in total. The largest absolute Gasteiger partial charge is 0.494 e. The lowest BCUT2D eigenvalue weighted by Gasteiger charge is -2.28. The minimum absolute atomic E-state index is 0.00499. The Morgan fingerprint density at radius 2 is 1.97 bits per heavy atom. The Kier molecular flexibility index (Phi) is 8.33.